The van der Waals surface area contributed by atoms with Crippen molar-refractivity contribution in [1.82, 2.24) is 9.78 Å². The number of para-hydroxylation sites is 1. The summed E-state index contributed by atoms with van der Waals surface area (Å²) in [6.45, 7) is 2.09. The van der Waals surface area contributed by atoms with Crippen molar-refractivity contribution in [3.63, 3.8) is 0 Å². The fraction of sp³-hybridized carbons (Fsp3) is 0.250. The van der Waals surface area contributed by atoms with E-state index in [1.54, 1.807) is 0 Å². The van der Waals surface area contributed by atoms with Gasteiger partial charge in [0, 0.05) is 12.1 Å². The fourth-order valence-corrected chi connectivity index (χ4v) is 1.42. The van der Waals surface area contributed by atoms with Gasteiger partial charge in [-0.05, 0) is 18.2 Å². The third-order valence-electron chi connectivity index (χ3n) is 2.41. The second-order valence-electron chi connectivity index (χ2n) is 3.60. The number of aliphatic hydroxyl groups is 1. The molecule has 2 rings (SSSR count). The first-order chi connectivity index (χ1) is 7.31. The van der Waals surface area contributed by atoms with Crippen LogP contribution < -0.4 is 0 Å². The predicted octanol–water partition coefficient (Wildman–Crippen LogP) is 1.97. The molecule has 0 saturated heterocycles. The third kappa shape index (κ3) is 2.07. The van der Waals surface area contributed by atoms with Gasteiger partial charge in [0.05, 0.1) is 18.0 Å². The molecule has 0 aliphatic rings. The maximum absolute atomic E-state index is 9.02. The van der Waals surface area contributed by atoms with Crippen LogP contribution in [0.3, 0.4) is 0 Å². The van der Waals surface area contributed by atoms with E-state index < -0.39 is 0 Å². The molecule has 78 valence electrons. The molecule has 0 bridgehead atoms. The number of benzene rings is 1. The number of nitrogens with zero attached hydrogens (tertiary/aromatic N) is 2. The maximum atomic E-state index is 9.02. The van der Waals surface area contributed by atoms with Crippen LogP contribution in [0.1, 0.15) is 18.5 Å². The van der Waals surface area contributed by atoms with Gasteiger partial charge in [-0.1, -0.05) is 25.1 Å². The highest BCUT2D eigenvalue weighted by molar-refractivity contribution is 5.30. The van der Waals surface area contributed by atoms with E-state index >= 15 is 0 Å². The minimum absolute atomic E-state index is 0.0926. The summed E-state index contributed by atoms with van der Waals surface area (Å²) in [5, 5.41) is 13.4. The van der Waals surface area contributed by atoms with Crippen molar-refractivity contribution in [2.45, 2.75) is 12.8 Å². The number of aliphatic hydroxyl groups excluding tert-OH is 1. The Labute approximate surface area is 89.0 Å². The van der Waals surface area contributed by atoms with Crippen LogP contribution >= 0.6 is 0 Å². The molecule has 0 spiro atoms. The first-order valence-electron chi connectivity index (χ1n) is 5.03. The number of hydrogen-bond donors (Lipinski definition) is 1. The Bertz CT molecular complexity index is 422. The van der Waals surface area contributed by atoms with E-state index in [1.165, 1.54) is 0 Å². The zero-order chi connectivity index (χ0) is 10.7. The summed E-state index contributed by atoms with van der Waals surface area (Å²) < 4.78 is 1.82. The Hall–Kier alpha value is -1.61. The van der Waals surface area contributed by atoms with Gasteiger partial charge in [0.2, 0.25) is 0 Å². The third-order valence-corrected chi connectivity index (χ3v) is 2.41. The Morgan fingerprint density at radius 3 is 2.67 bits per heavy atom. The molecule has 15 heavy (non-hydrogen) atoms. The number of aromatic nitrogens is 2. The van der Waals surface area contributed by atoms with Gasteiger partial charge in [-0.25, -0.2) is 4.68 Å². The van der Waals surface area contributed by atoms with Crippen molar-refractivity contribution in [1.29, 1.82) is 0 Å². The van der Waals surface area contributed by atoms with Crippen molar-refractivity contribution in [3.05, 3.63) is 48.3 Å². The summed E-state index contributed by atoms with van der Waals surface area (Å²) in [7, 11) is 0. The van der Waals surface area contributed by atoms with Gasteiger partial charge >= 0.3 is 0 Å². The van der Waals surface area contributed by atoms with Crippen LogP contribution in [0.4, 0.5) is 0 Å². The second kappa shape index (κ2) is 4.28. The molecule has 1 aromatic carbocycles. The molecule has 2 aromatic rings. The van der Waals surface area contributed by atoms with E-state index in [0.29, 0.717) is 0 Å². The molecular formula is C12H14N2O. The normalized spacial score (nSPS) is 12.7. The standard InChI is InChI=1S/C12H14N2O/c1-10(9-15)12-7-8-14(13-12)11-5-3-2-4-6-11/h2-8,10,15H,9H2,1H3/t10-/m0/s1. The Morgan fingerprint density at radius 2 is 2.00 bits per heavy atom. The average molecular weight is 202 g/mol. The molecule has 0 fully saturated rings. The van der Waals surface area contributed by atoms with E-state index in [0.717, 1.165) is 11.4 Å². The average Bonchev–Trinajstić information content (AvgIpc) is 2.78. The molecule has 0 aliphatic carbocycles. The first kappa shape index (κ1) is 9.93. The minimum atomic E-state index is 0.0926. The summed E-state index contributed by atoms with van der Waals surface area (Å²) in [5.74, 6) is 0.0926. The van der Waals surface area contributed by atoms with Crippen molar-refractivity contribution >= 4 is 0 Å². The van der Waals surface area contributed by atoms with Crippen LogP contribution in [0.5, 0.6) is 0 Å². The van der Waals surface area contributed by atoms with Crippen LogP contribution in [-0.2, 0) is 0 Å². The Kier molecular flexibility index (Phi) is 2.83. The molecular weight excluding hydrogens is 188 g/mol. The smallest absolute Gasteiger partial charge is 0.0680 e. The highest BCUT2D eigenvalue weighted by Gasteiger charge is 2.07. The van der Waals surface area contributed by atoms with Gasteiger partial charge in [-0.15, -0.1) is 0 Å². The fourth-order valence-electron chi connectivity index (χ4n) is 1.42. The first-order valence-corrected chi connectivity index (χ1v) is 5.03. The molecule has 0 saturated carbocycles. The van der Waals surface area contributed by atoms with Gasteiger partial charge < -0.3 is 5.11 Å². The topological polar surface area (TPSA) is 38.0 Å². The maximum Gasteiger partial charge on any atom is 0.0680 e. The van der Waals surface area contributed by atoms with Crippen LogP contribution in [0, 0.1) is 0 Å². The summed E-state index contributed by atoms with van der Waals surface area (Å²) in [5.41, 5.74) is 1.95. The van der Waals surface area contributed by atoms with Crippen molar-refractivity contribution in [2.75, 3.05) is 6.61 Å². The quantitative estimate of drug-likeness (QED) is 0.826. The van der Waals surface area contributed by atoms with E-state index in [9.17, 15) is 0 Å². The second-order valence-corrected chi connectivity index (χ2v) is 3.60. The molecule has 0 unspecified atom stereocenters. The molecule has 1 aromatic heterocycles. The van der Waals surface area contributed by atoms with E-state index in [1.807, 2.05) is 54.2 Å². The van der Waals surface area contributed by atoms with Crippen molar-refractivity contribution in [3.8, 4) is 5.69 Å². The molecule has 3 heteroatoms. The molecule has 3 nitrogen and oxygen atoms in total. The summed E-state index contributed by atoms with van der Waals surface area (Å²) in [6, 6.07) is 11.9. The molecule has 0 amide bonds. The number of rotatable bonds is 3. The molecule has 1 heterocycles. The lowest BCUT2D eigenvalue weighted by Crippen LogP contribution is -2.01. The Morgan fingerprint density at radius 1 is 1.27 bits per heavy atom. The van der Waals surface area contributed by atoms with E-state index in [2.05, 4.69) is 5.10 Å². The highest BCUT2D eigenvalue weighted by Crippen LogP contribution is 2.13. The number of hydrogen-bond acceptors (Lipinski definition) is 2. The van der Waals surface area contributed by atoms with Crippen LogP contribution in [0.25, 0.3) is 5.69 Å². The van der Waals surface area contributed by atoms with Gasteiger partial charge in [-0.3, -0.25) is 0 Å². The lowest BCUT2D eigenvalue weighted by molar-refractivity contribution is 0.270. The van der Waals surface area contributed by atoms with E-state index in [4.69, 9.17) is 5.11 Å². The molecule has 0 aliphatic heterocycles. The molecule has 0 radical (unpaired) electrons. The minimum Gasteiger partial charge on any atom is -0.396 e. The lowest BCUT2D eigenvalue weighted by Gasteiger charge is -2.03. The van der Waals surface area contributed by atoms with Crippen LogP contribution in [-0.4, -0.2) is 21.5 Å². The van der Waals surface area contributed by atoms with Gasteiger partial charge in [0.1, 0.15) is 0 Å². The molecule has 1 atom stereocenters. The van der Waals surface area contributed by atoms with Crippen molar-refractivity contribution < 1.29 is 5.11 Å². The van der Waals surface area contributed by atoms with Crippen LogP contribution in [0.15, 0.2) is 42.6 Å². The van der Waals surface area contributed by atoms with E-state index in [-0.39, 0.29) is 12.5 Å². The highest BCUT2D eigenvalue weighted by atomic mass is 16.3. The zero-order valence-corrected chi connectivity index (χ0v) is 8.67. The summed E-state index contributed by atoms with van der Waals surface area (Å²) >= 11 is 0. The summed E-state index contributed by atoms with van der Waals surface area (Å²) in [6.07, 6.45) is 1.91. The van der Waals surface area contributed by atoms with Gasteiger partial charge in [0.25, 0.3) is 0 Å². The van der Waals surface area contributed by atoms with Crippen molar-refractivity contribution in [2.24, 2.45) is 0 Å². The van der Waals surface area contributed by atoms with Gasteiger partial charge in [-0.2, -0.15) is 5.10 Å². The molecule has 1 N–H and O–H groups in total. The zero-order valence-electron chi connectivity index (χ0n) is 8.67. The largest absolute Gasteiger partial charge is 0.396 e. The lowest BCUT2D eigenvalue weighted by atomic mass is 10.1. The predicted molar refractivity (Wildman–Crippen MR) is 59.1 cm³/mol. The summed E-state index contributed by atoms with van der Waals surface area (Å²) in [4.78, 5) is 0. The Balaban J connectivity index is 2.28. The monoisotopic (exact) mass is 202 g/mol. The SMILES string of the molecule is C[C@@H](CO)c1ccn(-c2ccccc2)n1. The van der Waals surface area contributed by atoms with Gasteiger partial charge in [0.15, 0.2) is 0 Å². The van der Waals surface area contributed by atoms with Crippen LogP contribution in [0.2, 0.25) is 0 Å².